The van der Waals surface area contributed by atoms with Gasteiger partial charge in [-0.3, -0.25) is 0 Å². The molecule has 0 spiro atoms. The minimum absolute atomic E-state index is 1.06. The average molecular weight is 1400 g/mol. The highest BCUT2D eigenvalue weighted by molar-refractivity contribution is 6.18. The Morgan fingerprint density at radius 3 is 0.827 bits per heavy atom. The largest absolute Gasteiger partial charge is 0.309 e. The third-order valence-corrected chi connectivity index (χ3v) is 22.3. The molecule has 0 saturated carbocycles. The maximum absolute atomic E-state index is 2.48. The third-order valence-electron chi connectivity index (χ3n) is 22.3. The van der Waals surface area contributed by atoms with Gasteiger partial charge in [0.05, 0.1) is 22.7 Å². The predicted octanol–water partition coefficient (Wildman–Crippen LogP) is 30.5. The minimum atomic E-state index is 1.06. The van der Waals surface area contributed by atoms with Gasteiger partial charge in [-0.05, 0) is 215 Å². The van der Waals surface area contributed by atoms with E-state index in [2.05, 4.69) is 447 Å². The van der Waals surface area contributed by atoms with Crippen molar-refractivity contribution in [2.75, 3.05) is 9.80 Å². The summed E-state index contributed by atoms with van der Waals surface area (Å²) in [4.78, 5) is 4.96. The molecule has 0 atom stereocenters. The zero-order chi connectivity index (χ0) is 72.9. The lowest BCUT2D eigenvalue weighted by Gasteiger charge is -2.30. The summed E-state index contributed by atoms with van der Waals surface area (Å²) in [5.41, 5.74) is 27.6. The van der Waals surface area contributed by atoms with Crippen LogP contribution < -0.4 is 9.80 Å². The Morgan fingerprint density at radius 1 is 0.118 bits per heavy atom. The number of fused-ring (bicyclic) bond motifs is 8. The maximum atomic E-state index is 2.48. The standard InChI is InChI=1S/C108H72N2/c1-2-25-73(26-3-1)82-33-22-34-83(69-82)79-61-66-88(67-62-79)110(106-48-19-15-42-99(106)95-46-24-32-81-28-5-9-36-90(81)95)108-50-21-17-44-101(108)104-72-86-30-7-11-38-92(86)102-70-84(63-68-97(102)104)78-57-55-75(56-58-78)74-51-53-76(54-52-74)77-59-64-87(65-60-77)109(105-47-18-14-41-98(105)94-45-23-31-80-27-4-8-35-89(80)94)107-49-20-16-43-100(107)103-71-85-29-6-10-37-91(85)93-39-12-13-40-96(93)103/h1-72H. The quantitative estimate of drug-likeness (QED) is 0.0944. The van der Waals surface area contributed by atoms with E-state index in [0.29, 0.717) is 0 Å². The minimum Gasteiger partial charge on any atom is -0.309 e. The summed E-state index contributed by atoms with van der Waals surface area (Å²) in [7, 11) is 0. The van der Waals surface area contributed by atoms with E-state index in [1.54, 1.807) is 0 Å². The number of anilines is 6. The van der Waals surface area contributed by atoms with Crippen LogP contribution in [0.4, 0.5) is 34.1 Å². The molecule has 2 nitrogen and oxygen atoms in total. The van der Waals surface area contributed by atoms with E-state index in [9.17, 15) is 0 Å². The van der Waals surface area contributed by atoms with Crippen LogP contribution in [0.1, 0.15) is 0 Å². The molecular weight excluding hydrogens is 1330 g/mol. The van der Waals surface area contributed by atoms with E-state index in [1.165, 1.54) is 109 Å². The first kappa shape index (κ1) is 65.1. The van der Waals surface area contributed by atoms with Gasteiger partial charge in [0.2, 0.25) is 0 Å². The van der Waals surface area contributed by atoms with Crippen molar-refractivity contribution in [3.8, 4) is 100 Å². The van der Waals surface area contributed by atoms with Crippen LogP contribution in [0.3, 0.4) is 0 Å². The number of benzene rings is 20. The van der Waals surface area contributed by atoms with Crippen molar-refractivity contribution in [2.24, 2.45) is 0 Å². The van der Waals surface area contributed by atoms with Gasteiger partial charge in [0, 0.05) is 33.6 Å². The normalized spacial score (nSPS) is 11.5. The van der Waals surface area contributed by atoms with Crippen molar-refractivity contribution < 1.29 is 0 Å². The number of rotatable bonds is 15. The Morgan fingerprint density at radius 2 is 0.382 bits per heavy atom. The zero-order valence-corrected chi connectivity index (χ0v) is 60.5. The molecule has 0 N–H and O–H groups in total. The van der Waals surface area contributed by atoms with Gasteiger partial charge >= 0.3 is 0 Å². The molecule has 0 saturated heterocycles. The van der Waals surface area contributed by atoms with Gasteiger partial charge in [-0.1, -0.05) is 364 Å². The fourth-order valence-corrected chi connectivity index (χ4v) is 16.9. The van der Waals surface area contributed by atoms with Crippen LogP contribution in [0.2, 0.25) is 0 Å². The lowest BCUT2D eigenvalue weighted by atomic mass is 9.89. The van der Waals surface area contributed by atoms with Gasteiger partial charge in [-0.15, -0.1) is 0 Å². The zero-order valence-electron chi connectivity index (χ0n) is 60.5. The van der Waals surface area contributed by atoms with E-state index in [4.69, 9.17) is 0 Å². The summed E-state index contributed by atoms with van der Waals surface area (Å²) in [6.07, 6.45) is 0. The second-order valence-electron chi connectivity index (χ2n) is 28.6. The van der Waals surface area contributed by atoms with Gasteiger partial charge in [0.15, 0.2) is 0 Å². The van der Waals surface area contributed by atoms with Crippen LogP contribution in [0.5, 0.6) is 0 Å². The Labute approximate surface area is 641 Å². The SMILES string of the molecule is c1ccc(-c2cccc(-c3ccc(N(c4ccccc4-c4cccc5ccccc45)c4ccccc4-c4cc5ccccc5c5cc(-c6ccc(-c7ccc(-c8ccc(N(c9ccccc9-c9cccc%10ccccc9%10)c9ccccc9-c9cc%10ccccc%10c%10ccccc9%10)cc8)cc7)cc6)ccc45)cc3)c2)cc1. The van der Waals surface area contributed by atoms with Gasteiger partial charge in [0.25, 0.3) is 0 Å². The second-order valence-corrected chi connectivity index (χ2v) is 28.6. The highest BCUT2D eigenvalue weighted by Gasteiger charge is 2.26. The van der Waals surface area contributed by atoms with E-state index in [0.717, 1.165) is 89.8 Å². The third kappa shape index (κ3) is 11.9. The lowest BCUT2D eigenvalue weighted by molar-refractivity contribution is 1.29. The molecule has 0 radical (unpaired) electrons. The fourth-order valence-electron chi connectivity index (χ4n) is 16.9. The molecule has 0 aliphatic rings. The monoisotopic (exact) mass is 1400 g/mol. The molecule has 0 heterocycles. The number of hydrogen-bond donors (Lipinski definition) is 0. The molecule has 0 aromatic heterocycles. The summed E-state index contributed by atoms with van der Waals surface area (Å²) in [6, 6.07) is 161. The summed E-state index contributed by atoms with van der Waals surface area (Å²) < 4.78 is 0. The topological polar surface area (TPSA) is 6.48 Å². The molecule has 0 aliphatic carbocycles. The summed E-state index contributed by atoms with van der Waals surface area (Å²) in [5.74, 6) is 0. The molecule has 0 bridgehead atoms. The molecule has 0 unspecified atom stereocenters. The molecule has 20 aromatic rings. The van der Waals surface area contributed by atoms with Gasteiger partial charge in [0.1, 0.15) is 0 Å². The van der Waals surface area contributed by atoms with Crippen LogP contribution in [0, 0.1) is 0 Å². The van der Waals surface area contributed by atoms with Crippen molar-refractivity contribution in [1.82, 2.24) is 0 Å². The fraction of sp³-hybridized carbons (Fsp3) is 0. The first-order valence-electron chi connectivity index (χ1n) is 37.9. The second kappa shape index (κ2) is 28.1. The molecule has 514 valence electrons. The van der Waals surface area contributed by atoms with E-state index in [-0.39, 0.29) is 0 Å². The van der Waals surface area contributed by atoms with Gasteiger partial charge < -0.3 is 9.80 Å². The van der Waals surface area contributed by atoms with Crippen LogP contribution in [-0.4, -0.2) is 0 Å². The Hall–Kier alpha value is -14.4. The van der Waals surface area contributed by atoms with E-state index < -0.39 is 0 Å². The van der Waals surface area contributed by atoms with Crippen LogP contribution in [-0.2, 0) is 0 Å². The van der Waals surface area contributed by atoms with Crippen LogP contribution in [0.15, 0.2) is 437 Å². The predicted molar refractivity (Wildman–Crippen MR) is 470 cm³/mol. The highest BCUT2D eigenvalue weighted by atomic mass is 15.2. The molecule has 20 rings (SSSR count). The molecular formula is C108H72N2. The van der Waals surface area contributed by atoms with Crippen molar-refractivity contribution >= 4 is 98.8 Å². The number of hydrogen-bond acceptors (Lipinski definition) is 2. The maximum Gasteiger partial charge on any atom is 0.0540 e. The van der Waals surface area contributed by atoms with Gasteiger partial charge in [-0.25, -0.2) is 0 Å². The number of nitrogens with zero attached hydrogens (tertiary/aromatic N) is 2. The Kier molecular flexibility index (Phi) is 16.6. The first-order valence-corrected chi connectivity index (χ1v) is 37.9. The summed E-state index contributed by atoms with van der Waals surface area (Å²) in [6.45, 7) is 0. The van der Waals surface area contributed by atoms with Crippen molar-refractivity contribution in [2.45, 2.75) is 0 Å². The van der Waals surface area contributed by atoms with Crippen molar-refractivity contribution in [1.29, 1.82) is 0 Å². The lowest BCUT2D eigenvalue weighted by Crippen LogP contribution is -2.12. The van der Waals surface area contributed by atoms with E-state index in [1.807, 2.05) is 0 Å². The molecule has 0 fully saturated rings. The molecule has 0 amide bonds. The summed E-state index contributed by atoms with van der Waals surface area (Å²) >= 11 is 0. The molecule has 2 heteroatoms. The molecule has 0 aliphatic heterocycles. The molecule has 110 heavy (non-hydrogen) atoms. The molecule has 20 aromatic carbocycles. The number of para-hydroxylation sites is 4. The Balaban J connectivity index is 0.632. The average Bonchev–Trinajstić information content (AvgIpc) is 0.744. The Bertz CT molecular complexity index is 6870. The van der Waals surface area contributed by atoms with Crippen LogP contribution >= 0.6 is 0 Å². The van der Waals surface area contributed by atoms with Gasteiger partial charge in [-0.2, -0.15) is 0 Å². The van der Waals surface area contributed by atoms with E-state index >= 15 is 0 Å². The first-order chi connectivity index (χ1) is 54.6. The smallest absolute Gasteiger partial charge is 0.0540 e. The highest BCUT2D eigenvalue weighted by Crippen LogP contribution is 2.51. The van der Waals surface area contributed by atoms with Crippen molar-refractivity contribution in [3.05, 3.63) is 437 Å². The van der Waals surface area contributed by atoms with Crippen LogP contribution in [0.25, 0.3) is 165 Å². The van der Waals surface area contributed by atoms with Crippen molar-refractivity contribution in [3.63, 3.8) is 0 Å². The summed E-state index contributed by atoms with van der Waals surface area (Å²) in [5, 5.41) is 14.6.